The molecule has 0 fully saturated rings. The highest BCUT2D eigenvalue weighted by Gasteiger charge is 2.40. The van der Waals surface area contributed by atoms with Crippen molar-refractivity contribution in [2.45, 2.75) is 12.6 Å². The van der Waals surface area contributed by atoms with Gasteiger partial charge in [-0.05, 0) is 41.0 Å². The van der Waals surface area contributed by atoms with Crippen LogP contribution in [0.3, 0.4) is 0 Å². The summed E-state index contributed by atoms with van der Waals surface area (Å²) < 4.78 is 5.21. The topological polar surface area (TPSA) is 49.8 Å². The molecule has 0 aliphatic carbocycles. The van der Waals surface area contributed by atoms with Crippen LogP contribution < -0.4 is 4.74 Å². The smallest absolute Gasteiger partial charge is 0.290 e. The molecule has 0 spiro atoms. The van der Waals surface area contributed by atoms with E-state index >= 15 is 0 Å². The van der Waals surface area contributed by atoms with Gasteiger partial charge in [0.05, 0.1) is 13.2 Å². The highest BCUT2D eigenvalue weighted by Crippen LogP contribution is 2.43. The Balaban J connectivity index is 1.77. The second-order valence-corrected chi connectivity index (χ2v) is 7.30. The average molecular weight is 406 g/mol. The standard InChI is InChI=1S/C24H20ClNO3/c1-29-20-13-7-16(8-14-20)15-26-22(18-9-11-19(25)12-10-18)21(23(27)24(26)28)17-5-3-2-4-6-17/h2-14,22,27H,15H2,1H3. The summed E-state index contributed by atoms with van der Waals surface area (Å²) in [6.45, 7) is 0.358. The minimum Gasteiger partial charge on any atom is -0.503 e. The van der Waals surface area contributed by atoms with Crippen LogP contribution in [0.4, 0.5) is 0 Å². The third-order valence-electron chi connectivity index (χ3n) is 5.09. The molecule has 1 heterocycles. The molecule has 1 N–H and O–H groups in total. The minimum absolute atomic E-state index is 0.218. The van der Waals surface area contributed by atoms with Gasteiger partial charge in [-0.1, -0.05) is 66.2 Å². The molecule has 29 heavy (non-hydrogen) atoms. The molecule has 4 rings (SSSR count). The Labute approximate surface area is 174 Å². The average Bonchev–Trinajstić information content (AvgIpc) is 3.00. The first-order valence-corrected chi connectivity index (χ1v) is 9.64. The zero-order valence-electron chi connectivity index (χ0n) is 15.9. The molecule has 1 aliphatic heterocycles. The number of benzene rings is 3. The van der Waals surface area contributed by atoms with Gasteiger partial charge in [0.15, 0.2) is 5.76 Å². The first-order valence-electron chi connectivity index (χ1n) is 9.26. The van der Waals surface area contributed by atoms with Crippen molar-refractivity contribution in [3.8, 4) is 5.75 Å². The van der Waals surface area contributed by atoms with E-state index in [4.69, 9.17) is 16.3 Å². The van der Waals surface area contributed by atoms with Gasteiger partial charge in [-0.15, -0.1) is 0 Å². The van der Waals surface area contributed by atoms with Gasteiger partial charge in [0.1, 0.15) is 5.75 Å². The summed E-state index contributed by atoms with van der Waals surface area (Å²) in [5.41, 5.74) is 3.25. The van der Waals surface area contributed by atoms with Crippen LogP contribution in [0.5, 0.6) is 5.75 Å². The molecule has 3 aromatic carbocycles. The molecule has 0 saturated carbocycles. The summed E-state index contributed by atoms with van der Waals surface area (Å²) in [6, 6.07) is 24.0. The van der Waals surface area contributed by atoms with Crippen molar-refractivity contribution in [1.82, 2.24) is 4.90 Å². The van der Waals surface area contributed by atoms with Crippen LogP contribution >= 0.6 is 11.6 Å². The molecule has 0 aromatic heterocycles. The fraction of sp³-hybridized carbons (Fsp3) is 0.125. The maximum Gasteiger partial charge on any atom is 0.290 e. The van der Waals surface area contributed by atoms with Crippen molar-refractivity contribution < 1.29 is 14.6 Å². The molecule has 1 unspecified atom stereocenters. The van der Waals surface area contributed by atoms with Gasteiger partial charge in [-0.25, -0.2) is 0 Å². The van der Waals surface area contributed by atoms with Crippen LogP contribution in [-0.2, 0) is 11.3 Å². The summed E-state index contributed by atoms with van der Waals surface area (Å²) in [6.07, 6.45) is 0. The van der Waals surface area contributed by atoms with E-state index in [1.54, 1.807) is 24.1 Å². The highest BCUT2D eigenvalue weighted by atomic mass is 35.5. The van der Waals surface area contributed by atoms with Crippen LogP contribution in [0, 0.1) is 0 Å². The van der Waals surface area contributed by atoms with E-state index in [2.05, 4.69) is 0 Å². The third kappa shape index (κ3) is 3.71. The lowest BCUT2D eigenvalue weighted by Gasteiger charge is -2.27. The van der Waals surface area contributed by atoms with Gasteiger partial charge >= 0.3 is 0 Å². The molecule has 0 bridgehead atoms. The molecule has 3 aromatic rings. The highest BCUT2D eigenvalue weighted by molar-refractivity contribution is 6.30. The Morgan fingerprint density at radius 3 is 2.24 bits per heavy atom. The van der Waals surface area contributed by atoms with E-state index < -0.39 is 6.04 Å². The van der Waals surface area contributed by atoms with Crippen LogP contribution in [-0.4, -0.2) is 23.0 Å². The molecule has 0 saturated heterocycles. The lowest BCUT2D eigenvalue weighted by molar-refractivity contribution is -0.130. The van der Waals surface area contributed by atoms with Gasteiger partial charge in [-0.3, -0.25) is 4.79 Å². The minimum atomic E-state index is -0.413. The second-order valence-electron chi connectivity index (χ2n) is 6.86. The number of methoxy groups -OCH3 is 1. The predicted octanol–water partition coefficient (Wildman–Crippen LogP) is 5.40. The molecule has 5 heteroatoms. The van der Waals surface area contributed by atoms with Crippen molar-refractivity contribution in [2.75, 3.05) is 7.11 Å². The van der Waals surface area contributed by atoms with Gasteiger partial charge in [0.2, 0.25) is 0 Å². The molecule has 146 valence electrons. The van der Waals surface area contributed by atoms with Crippen molar-refractivity contribution in [3.63, 3.8) is 0 Å². The molecular formula is C24H20ClNO3. The third-order valence-corrected chi connectivity index (χ3v) is 5.34. The monoisotopic (exact) mass is 405 g/mol. The van der Waals surface area contributed by atoms with Crippen LogP contribution in [0.2, 0.25) is 5.02 Å². The lowest BCUT2D eigenvalue weighted by atomic mass is 9.93. The lowest BCUT2D eigenvalue weighted by Crippen LogP contribution is -2.29. The van der Waals surface area contributed by atoms with E-state index in [9.17, 15) is 9.90 Å². The number of amides is 1. The van der Waals surface area contributed by atoms with Gasteiger partial charge in [0.25, 0.3) is 5.91 Å². The molecule has 1 atom stereocenters. The number of rotatable bonds is 5. The Bertz CT molecular complexity index is 1040. The Morgan fingerprint density at radius 2 is 1.62 bits per heavy atom. The van der Waals surface area contributed by atoms with E-state index in [1.165, 1.54) is 0 Å². The maximum atomic E-state index is 13.0. The van der Waals surface area contributed by atoms with Crippen molar-refractivity contribution in [2.24, 2.45) is 0 Å². The number of halogens is 1. The Kier molecular flexibility index (Phi) is 5.28. The predicted molar refractivity (Wildman–Crippen MR) is 114 cm³/mol. The summed E-state index contributed by atoms with van der Waals surface area (Å²) in [5, 5.41) is 11.4. The number of carbonyl (C=O) groups is 1. The van der Waals surface area contributed by atoms with E-state index in [0.29, 0.717) is 17.1 Å². The first kappa shape index (κ1) is 19.1. The molecule has 0 radical (unpaired) electrons. The summed E-state index contributed by atoms with van der Waals surface area (Å²) in [7, 11) is 1.61. The number of carbonyl (C=O) groups excluding carboxylic acids is 1. The molecule has 1 amide bonds. The second kappa shape index (κ2) is 8.02. The SMILES string of the molecule is COc1ccc(CN2C(=O)C(O)=C(c3ccccc3)C2c2ccc(Cl)cc2)cc1. The molecule has 1 aliphatic rings. The van der Waals surface area contributed by atoms with Crippen molar-refractivity contribution in [3.05, 3.63) is 106 Å². The fourth-order valence-electron chi connectivity index (χ4n) is 3.65. The van der Waals surface area contributed by atoms with Gasteiger partial charge < -0.3 is 14.7 Å². The summed E-state index contributed by atoms with van der Waals surface area (Å²) >= 11 is 6.07. The normalized spacial score (nSPS) is 16.4. The number of nitrogens with zero attached hydrogens (tertiary/aromatic N) is 1. The van der Waals surface area contributed by atoms with E-state index in [1.807, 2.05) is 66.7 Å². The van der Waals surface area contributed by atoms with Crippen molar-refractivity contribution in [1.29, 1.82) is 0 Å². The van der Waals surface area contributed by atoms with Crippen molar-refractivity contribution >= 4 is 23.1 Å². The zero-order chi connectivity index (χ0) is 20.4. The number of hydrogen-bond donors (Lipinski definition) is 1. The maximum absolute atomic E-state index is 13.0. The molecular weight excluding hydrogens is 386 g/mol. The Morgan fingerprint density at radius 1 is 0.966 bits per heavy atom. The number of ether oxygens (including phenoxy) is 1. The summed E-state index contributed by atoms with van der Waals surface area (Å²) in [5.74, 6) is 0.144. The fourth-order valence-corrected chi connectivity index (χ4v) is 3.77. The first-order chi connectivity index (χ1) is 14.1. The van der Waals surface area contributed by atoms with Gasteiger partial charge in [0, 0.05) is 17.1 Å². The largest absolute Gasteiger partial charge is 0.503 e. The number of aliphatic hydroxyl groups excluding tert-OH is 1. The number of hydrogen-bond acceptors (Lipinski definition) is 3. The van der Waals surface area contributed by atoms with E-state index in [-0.39, 0.29) is 11.7 Å². The summed E-state index contributed by atoms with van der Waals surface area (Å²) in [4.78, 5) is 14.7. The van der Waals surface area contributed by atoms with Gasteiger partial charge in [-0.2, -0.15) is 0 Å². The van der Waals surface area contributed by atoms with Crippen LogP contribution in [0.15, 0.2) is 84.6 Å². The Hall–Kier alpha value is -3.24. The molecule has 4 nitrogen and oxygen atoms in total. The quantitative estimate of drug-likeness (QED) is 0.618. The zero-order valence-corrected chi connectivity index (χ0v) is 16.6. The van der Waals surface area contributed by atoms with Crippen LogP contribution in [0.1, 0.15) is 22.7 Å². The number of aliphatic hydroxyl groups is 1. The van der Waals surface area contributed by atoms with E-state index in [0.717, 1.165) is 22.4 Å². The van der Waals surface area contributed by atoms with Crippen LogP contribution in [0.25, 0.3) is 5.57 Å².